The number of anilines is 3. The maximum atomic E-state index is 13.2. The van der Waals surface area contributed by atoms with Gasteiger partial charge in [-0.1, -0.05) is 12.1 Å². The summed E-state index contributed by atoms with van der Waals surface area (Å²) in [5, 5.41) is 9.10. The third-order valence-corrected chi connectivity index (χ3v) is 4.70. The summed E-state index contributed by atoms with van der Waals surface area (Å²) >= 11 is 0. The summed E-state index contributed by atoms with van der Waals surface area (Å²) in [6.45, 7) is 2.09. The van der Waals surface area contributed by atoms with Gasteiger partial charge < -0.3 is 14.9 Å². The Morgan fingerprint density at radius 1 is 1.28 bits per heavy atom. The van der Waals surface area contributed by atoms with Crippen molar-refractivity contribution in [2.45, 2.75) is 32.2 Å². The molecule has 1 aromatic carbocycles. The largest absolute Gasteiger partial charge is 0.481 e. The van der Waals surface area contributed by atoms with Crippen LogP contribution >= 0.6 is 0 Å². The maximum Gasteiger partial charge on any atom is 0.305 e. The van der Waals surface area contributed by atoms with Crippen LogP contribution in [0.15, 0.2) is 36.5 Å². The molecule has 6 heteroatoms. The Morgan fingerprint density at radius 2 is 2.08 bits per heavy atom. The lowest BCUT2D eigenvalue weighted by atomic mass is 10.1. The number of carboxylic acids is 1. The predicted molar refractivity (Wildman–Crippen MR) is 94.5 cm³/mol. The SMILES string of the molecule is Cc1cccc2c1N(CCC(=O)O)C(=O)c1cccnc1N2C1CC1. The van der Waals surface area contributed by atoms with E-state index in [4.69, 9.17) is 5.11 Å². The molecule has 0 unspecified atom stereocenters. The molecule has 0 atom stereocenters. The standard InChI is InChI=1S/C19H19N3O3/c1-12-4-2-6-15-17(12)21(11-9-16(23)24)19(25)14-5-3-10-20-18(14)22(15)13-7-8-13/h2-6,10,13H,7-9,11H2,1H3,(H,23,24). The van der Waals surface area contributed by atoms with E-state index < -0.39 is 5.97 Å². The number of benzene rings is 1. The number of carbonyl (C=O) groups excluding carboxylic acids is 1. The van der Waals surface area contributed by atoms with Gasteiger partial charge >= 0.3 is 5.97 Å². The third kappa shape index (κ3) is 2.63. The van der Waals surface area contributed by atoms with Gasteiger partial charge in [0.25, 0.3) is 5.91 Å². The Bertz CT molecular complexity index is 861. The number of pyridine rings is 1. The number of amides is 1. The molecule has 128 valence electrons. The van der Waals surface area contributed by atoms with Gasteiger partial charge in [-0.25, -0.2) is 4.98 Å². The van der Waals surface area contributed by atoms with Crippen LogP contribution in [0.5, 0.6) is 0 Å². The number of aromatic nitrogens is 1. The zero-order valence-corrected chi connectivity index (χ0v) is 14.0. The van der Waals surface area contributed by atoms with Crippen molar-refractivity contribution in [1.82, 2.24) is 4.98 Å². The topological polar surface area (TPSA) is 73.7 Å². The van der Waals surface area contributed by atoms with Gasteiger partial charge in [0.1, 0.15) is 5.82 Å². The molecule has 0 spiro atoms. The van der Waals surface area contributed by atoms with E-state index in [1.165, 1.54) is 0 Å². The average Bonchev–Trinajstić information content (AvgIpc) is 3.42. The van der Waals surface area contributed by atoms with Gasteiger partial charge in [0.05, 0.1) is 23.4 Å². The zero-order valence-electron chi connectivity index (χ0n) is 14.0. The normalized spacial score (nSPS) is 16.3. The summed E-state index contributed by atoms with van der Waals surface area (Å²) in [5.74, 6) is -0.444. The lowest BCUT2D eigenvalue weighted by molar-refractivity contribution is -0.136. The molecule has 1 aromatic heterocycles. The van der Waals surface area contributed by atoms with Crippen molar-refractivity contribution in [1.29, 1.82) is 0 Å². The molecule has 1 aliphatic heterocycles. The Morgan fingerprint density at radius 3 is 2.80 bits per heavy atom. The molecular formula is C19H19N3O3. The van der Waals surface area contributed by atoms with Crippen molar-refractivity contribution in [3.05, 3.63) is 47.7 Å². The summed E-state index contributed by atoms with van der Waals surface area (Å²) in [5.41, 5.74) is 3.20. The molecule has 2 heterocycles. The fourth-order valence-corrected chi connectivity index (χ4v) is 3.43. The van der Waals surface area contributed by atoms with Gasteiger partial charge in [0, 0.05) is 18.8 Å². The van der Waals surface area contributed by atoms with E-state index in [-0.39, 0.29) is 18.9 Å². The van der Waals surface area contributed by atoms with Crippen LogP contribution in [0.4, 0.5) is 17.2 Å². The van der Waals surface area contributed by atoms with E-state index >= 15 is 0 Å². The molecule has 1 fully saturated rings. The van der Waals surface area contributed by atoms with Crippen LogP contribution in [-0.2, 0) is 4.79 Å². The quantitative estimate of drug-likeness (QED) is 0.928. The molecular weight excluding hydrogens is 318 g/mol. The van der Waals surface area contributed by atoms with Gasteiger partial charge in [0.2, 0.25) is 0 Å². The first-order valence-corrected chi connectivity index (χ1v) is 8.45. The van der Waals surface area contributed by atoms with Crippen LogP contribution in [-0.4, -0.2) is 34.6 Å². The van der Waals surface area contributed by atoms with Crippen molar-refractivity contribution in [2.24, 2.45) is 0 Å². The Balaban J connectivity index is 1.93. The number of aliphatic carboxylic acids is 1. The summed E-state index contributed by atoms with van der Waals surface area (Å²) < 4.78 is 0. The highest BCUT2D eigenvalue weighted by atomic mass is 16.4. The molecule has 2 aromatic rings. The van der Waals surface area contributed by atoms with Gasteiger partial charge in [-0.3, -0.25) is 9.59 Å². The smallest absolute Gasteiger partial charge is 0.305 e. The summed E-state index contributed by atoms with van der Waals surface area (Å²) in [6, 6.07) is 9.77. The van der Waals surface area contributed by atoms with Crippen LogP contribution in [0.3, 0.4) is 0 Å². The third-order valence-electron chi connectivity index (χ3n) is 4.70. The second-order valence-corrected chi connectivity index (χ2v) is 6.52. The molecule has 1 aliphatic carbocycles. The number of fused-ring (bicyclic) bond motifs is 2. The highest BCUT2D eigenvalue weighted by Gasteiger charge is 2.39. The fraction of sp³-hybridized carbons (Fsp3) is 0.316. The number of carboxylic acid groups (broad SMARTS) is 1. The van der Waals surface area contributed by atoms with Crippen LogP contribution in [0.1, 0.15) is 35.2 Å². The zero-order chi connectivity index (χ0) is 17.6. The minimum Gasteiger partial charge on any atom is -0.481 e. The van der Waals surface area contributed by atoms with Crippen LogP contribution in [0.2, 0.25) is 0 Å². The number of nitrogens with zero attached hydrogens (tertiary/aromatic N) is 3. The number of aryl methyl sites for hydroxylation is 1. The predicted octanol–water partition coefficient (Wildman–Crippen LogP) is 3.13. The first-order valence-electron chi connectivity index (χ1n) is 8.45. The van der Waals surface area contributed by atoms with Crippen molar-refractivity contribution < 1.29 is 14.7 Å². The van der Waals surface area contributed by atoms with E-state index in [1.807, 2.05) is 25.1 Å². The van der Waals surface area contributed by atoms with Crippen molar-refractivity contribution >= 4 is 29.1 Å². The molecule has 0 radical (unpaired) electrons. The highest BCUT2D eigenvalue weighted by Crippen LogP contribution is 2.46. The minimum atomic E-state index is -0.919. The van der Waals surface area contributed by atoms with E-state index in [0.29, 0.717) is 17.4 Å². The van der Waals surface area contributed by atoms with Crippen molar-refractivity contribution in [3.8, 4) is 0 Å². The van der Waals surface area contributed by atoms with E-state index in [2.05, 4.69) is 9.88 Å². The van der Waals surface area contributed by atoms with Gasteiger partial charge in [-0.15, -0.1) is 0 Å². The average molecular weight is 337 g/mol. The fourth-order valence-electron chi connectivity index (χ4n) is 3.43. The number of hydrogen-bond acceptors (Lipinski definition) is 4. The number of para-hydroxylation sites is 1. The van der Waals surface area contributed by atoms with E-state index in [1.54, 1.807) is 23.2 Å². The Hall–Kier alpha value is -2.89. The van der Waals surface area contributed by atoms with Crippen molar-refractivity contribution in [3.63, 3.8) is 0 Å². The van der Waals surface area contributed by atoms with Gasteiger partial charge in [-0.05, 0) is 43.5 Å². The second-order valence-electron chi connectivity index (χ2n) is 6.52. The minimum absolute atomic E-state index is 0.0987. The molecule has 2 aliphatic rings. The molecule has 25 heavy (non-hydrogen) atoms. The molecule has 1 amide bonds. The molecule has 1 saturated carbocycles. The molecule has 0 saturated heterocycles. The molecule has 1 N–H and O–H groups in total. The molecule has 6 nitrogen and oxygen atoms in total. The molecule has 4 rings (SSSR count). The van der Waals surface area contributed by atoms with Gasteiger partial charge in [0.15, 0.2) is 0 Å². The lowest BCUT2D eigenvalue weighted by Gasteiger charge is -2.28. The molecule has 0 bridgehead atoms. The first-order chi connectivity index (χ1) is 12.1. The monoisotopic (exact) mass is 337 g/mol. The van der Waals surface area contributed by atoms with Crippen LogP contribution in [0.25, 0.3) is 0 Å². The Labute approximate surface area is 145 Å². The number of rotatable bonds is 4. The van der Waals surface area contributed by atoms with E-state index in [9.17, 15) is 9.59 Å². The van der Waals surface area contributed by atoms with Gasteiger partial charge in [-0.2, -0.15) is 0 Å². The van der Waals surface area contributed by atoms with E-state index in [0.717, 1.165) is 29.8 Å². The summed E-state index contributed by atoms with van der Waals surface area (Å²) in [7, 11) is 0. The first kappa shape index (κ1) is 15.6. The number of hydrogen-bond donors (Lipinski definition) is 1. The summed E-state index contributed by atoms with van der Waals surface area (Å²) in [4.78, 5) is 32.6. The van der Waals surface area contributed by atoms with Crippen LogP contribution in [0, 0.1) is 6.92 Å². The number of carbonyl (C=O) groups is 2. The lowest BCUT2D eigenvalue weighted by Crippen LogP contribution is -2.33. The van der Waals surface area contributed by atoms with Crippen molar-refractivity contribution in [2.75, 3.05) is 16.3 Å². The highest BCUT2D eigenvalue weighted by molar-refractivity contribution is 6.14. The van der Waals surface area contributed by atoms with Crippen LogP contribution < -0.4 is 9.80 Å². The summed E-state index contributed by atoms with van der Waals surface area (Å²) in [6.07, 6.45) is 3.72. The maximum absolute atomic E-state index is 13.2. The Kier molecular flexibility index (Phi) is 3.67. The second kappa shape index (κ2) is 5.88.